The highest BCUT2D eigenvalue weighted by molar-refractivity contribution is 5.93. The van der Waals surface area contributed by atoms with E-state index in [1.165, 1.54) is 13.1 Å². The third-order valence-electron chi connectivity index (χ3n) is 4.92. The summed E-state index contributed by atoms with van der Waals surface area (Å²) in [5, 5.41) is 22.3. The molecule has 2 atom stereocenters. The lowest BCUT2D eigenvalue weighted by Crippen LogP contribution is -2.46. The van der Waals surface area contributed by atoms with E-state index in [9.17, 15) is 24.6 Å². The van der Waals surface area contributed by atoms with Crippen molar-refractivity contribution >= 4 is 11.9 Å². The number of nitrogens with zero attached hydrogens (tertiary/aromatic N) is 1. The molecule has 3 aromatic rings. The highest BCUT2D eigenvalue weighted by Gasteiger charge is 2.34. The van der Waals surface area contributed by atoms with Crippen molar-refractivity contribution < 1.29 is 19.8 Å². The second-order valence-corrected chi connectivity index (χ2v) is 7.53. The van der Waals surface area contributed by atoms with Gasteiger partial charge in [0.15, 0.2) is 5.60 Å². The van der Waals surface area contributed by atoms with Gasteiger partial charge in [0, 0.05) is 24.9 Å². The van der Waals surface area contributed by atoms with Crippen molar-refractivity contribution in [2.24, 2.45) is 0 Å². The van der Waals surface area contributed by atoms with Crippen LogP contribution in [-0.2, 0) is 11.2 Å². The van der Waals surface area contributed by atoms with Crippen molar-refractivity contribution in [3.63, 3.8) is 0 Å². The molecule has 0 unspecified atom stereocenters. The summed E-state index contributed by atoms with van der Waals surface area (Å²) in [6, 6.07) is 16.9. The van der Waals surface area contributed by atoms with Gasteiger partial charge in [-0.2, -0.15) is 0 Å². The summed E-state index contributed by atoms with van der Waals surface area (Å²) >= 11 is 0. The summed E-state index contributed by atoms with van der Waals surface area (Å²) in [5.74, 6) is -1.91. The van der Waals surface area contributed by atoms with Crippen molar-refractivity contribution in [2.75, 3.05) is 0 Å². The minimum absolute atomic E-state index is 0.124. The lowest BCUT2D eigenvalue weighted by atomic mass is 9.92. The number of carbonyl (C=O) groups excluding carboxylic acids is 1. The molecule has 0 radical (unpaired) electrons. The monoisotopic (exact) mass is 421 g/mol. The summed E-state index contributed by atoms with van der Waals surface area (Å²) in [6.07, 6.45) is 2.47. The van der Waals surface area contributed by atoms with E-state index in [0.717, 1.165) is 22.9 Å². The zero-order valence-corrected chi connectivity index (χ0v) is 16.9. The molecule has 0 bridgehead atoms. The second-order valence-electron chi connectivity index (χ2n) is 7.53. The fraction of sp³-hybridized carbons (Fsp3) is 0.217. The van der Waals surface area contributed by atoms with E-state index in [2.05, 4.69) is 15.3 Å². The Morgan fingerprint density at radius 1 is 1.10 bits per heavy atom. The number of carbonyl (C=O) groups is 2. The van der Waals surface area contributed by atoms with E-state index in [0.29, 0.717) is 6.42 Å². The molecule has 8 nitrogen and oxygen atoms in total. The fourth-order valence-corrected chi connectivity index (χ4v) is 3.22. The van der Waals surface area contributed by atoms with Gasteiger partial charge in [0.2, 0.25) is 0 Å². The number of hydrogen-bond acceptors (Lipinski definition) is 5. The second kappa shape index (κ2) is 9.36. The van der Waals surface area contributed by atoms with Crippen LogP contribution in [0.5, 0.6) is 0 Å². The van der Waals surface area contributed by atoms with Gasteiger partial charge in [-0.3, -0.25) is 4.79 Å². The molecular formula is C23H23N3O5. The number of amides is 1. The van der Waals surface area contributed by atoms with E-state index in [4.69, 9.17) is 0 Å². The average molecular weight is 421 g/mol. The molecule has 0 saturated carbocycles. The van der Waals surface area contributed by atoms with Crippen molar-refractivity contribution in [2.45, 2.75) is 31.4 Å². The number of aromatic nitrogens is 2. The Hall–Kier alpha value is -3.78. The zero-order valence-electron chi connectivity index (χ0n) is 16.9. The number of aliphatic hydroxyl groups is 1. The lowest BCUT2D eigenvalue weighted by molar-refractivity contribution is -0.157. The Labute approximate surface area is 178 Å². The summed E-state index contributed by atoms with van der Waals surface area (Å²) < 4.78 is 0. The van der Waals surface area contributed by atoms with Crippen molar-refractivity contribution in [1.82, 2.24) is 15.3 Å². The van der Waals surface area contributed by atoms with Crippen molar-refractivity contribution in [1.29, 1.82) is 0 Å². The van der Waals surface area contributed by atoms with Gasteiger partial charge in [-0.1, -0.05) is 54.6 Å². The molecule has 0 aliphatic heterocycles. The molecule has 31 heavy (non-hydrogen) atoms. The van der Waals surface area contributed by atoms with Gasteiger partial charge in [0.25, 0.3) is 5.91 Å². The predicted molar refractivity (Wildman–Crippen MR) is 115 cm³/mol. The fourth-order valence-electron chi connectivity index (χ4n) is 3.22. The van der Waals surface area contributed by atoms with Gasteiger partial charge < -0.3 is 20.5 Å². The minimum Gasteiger partial charge on any atom is -0.479 e. The number of H-pyrrole nitrogens is 1. The quantitative estimate of drug-likeness (QED) is 0.440. The van der Waals surface area contributed by atoms with Crippen LogP contribution < -0.4 is 11.0 Å². The first-order valence-corrected chi connectivity index (χ1v) is 9.70. The van der Waals surface area contributed by atoms with Crippen molar-refractivity contribution in [3.8, 4) is 11.1 Å². The zero-order chi connectivity index (χ0) is 22.4. The molecule has 0 aliphatic carbocycles. The molecule has 1 heterocycles. The van der Waals surface area contributed by atoms with Crippen LogP contribution in [0.2, 0.25) is 0 Å². The number of hydrogen-bond donors (Lipinski definition) is 4. The number of carboxylic acids is 1. The third-order valence-corrected chi connectivity index (χ3v) is 4.92. The smallest absolute Gasteiger partial charge is 0.344 e. The maximum atomic E-state index is 12.5. The number of carboxylic acid groups (broad SMARTS) is 1. The van der Waals surface area contributed by atoms with E-state index >= 15 is 0 Å². The summed E-state index contributed by atoms with van der Waals surface area (Å²) in [4.78, 5) is 40.9. The lowest BCUT2D eigenvalue weighted by Gasteiger charge is -2.26. The Balaban J connectivity index is 1.78. The molecule has 1 aromatic heterocycles. The number of nitrogens with one attached hydrogen (secondary N) is 2. The van der Waals surface area contributed by atoms with E-state index in [1.54, 1.807) is 0 Å². The van der Waals surface area contributed by atoms with Crippen LogP contribution in [0.25, 0.3) is 11.1 Å². The van der Waals surface area contributed by atoms with Gasteiger partial charge in [0.1, 0.15) is 0 Å². The van der Waals surface area contributed by atoms with Gasteiger partial charge in [-0.15, -0.1) is 0 Å². The minimum atomic E-state index is -2.02. The molecule has 2 aromatic carbocycles. The highest BCUT2D eigenvalue weighted by Crippen LogP contribution is 2.21. The molecule has 0 aliphatic rings. The van der Waals surface area contributed by atoms with E-state index in [-0.39, 0.29) is 12.0 Å². The maximum Gasteiger partial charge on any atom is 0.344 e. The number of benzene rings is 2. The largest absolute Gasteiger partial charge is 0.479 e. The van der Waals surface area contributed by atoms with Gasteiger partial charge in [-0.25, -0.2) is 14.6 Å². The average Bonchev–Trinajstić information content (AvgIpc) is 2.75. The Bertz CT molecular complexity index is 1090. The van der Waals surface area contributed by atoms with Crippen LogP contribution in [0.1, 0.15) is 29.3 Å². The number of aliphatic carboxylic acids is 1. The van der Waals surface area contributed by atoms with E-state index in [1.807, 2.05) is 54.6 Å². The van der Waals surface area contributed by atoms with Gasteiger partial charge >= 0.3 is 11.7 Å². The third kappa shape index (κ3) is 5.86. The molecular weight excluding hydrogens is 398 g/mol. The van der Waals surface area contributed by atoms with Crippen LogP contribution in [0, 0.1) is 0 Å². The standard InChI is InChI=1S/C23H23N3O5/c1-23(31,21(28)29)12-19(26-20(27)18-13-24-22(30)25-14-18)11-15-7-9-17(10-8-15)16-5-3-2-4-6-16/h2-10,13-14,19,31H,11-12H2,1H3,(H,26,27)(H,28,29)(H,24,25,30)/t19-,23-/m1/s1. The molecule has 160 valence electrons. The molecule has 0 fully saturated rings. The molecule has 3 rings (SSSR count). The van der Waals surface area contributed by atoms with Gasteiger partial charge in [0.05, 0.1) is 5.56 Å². The Morgan fingerprint density at radius 2 is 1.74 bits per heavy atom. The summed E-state index contributed by atoms with van der Waals surface area (Å²) in [7, 11) is 0. The van der Waals surface area contributed by atoms with E-state index < -0.39 is 29.2 Å². The topological polar surface area (TPSA) is 132 Å². The molecule has 8 heteroatoms. The first-order chi connectivity index (χ1) is 14.7. The molecule has 1 amide bonds. The van der Waals surface area contributed by atoms with Crippen LogP contribution in [-0.4, -0.2) is 43.7 Å². The highest BCUT2D eigenvalue weighted by atomic mass is 16.4. The Kier molecular flexibility index (Phi) is 6.61. The SMILES string of the molecule is C[C@@](O)(C[C@@H](Cc1ccc(-c2ccccc2)cc1)NC(=O)c1cnc(=O)[nH]c1)C(=O)O. The maximum absolute atomic E-state index is 12.5. The summed E-state index contributed by atoms with van der Waals surface area (Å²) in [5.41, 5.74) is 0.482. The first-order valence-electron chi connectivity index (χ1n) is 9.70. The van der Waals surface area contributed by atoms with Crippen molar-refractivity contribution in [3.05, 3.63) is 88.6 Å². The Morgan fingerprint density at radius 3 is 2.32 bits per heavy atom. The van der Waals surface area contributed by atoms with Crippen LogP contribution in [0.15, 0.2) is 71.8 Å². The van der Waals surface area contributed by atoms with Gasteiger partial charge in [-0.05, 0) is 30.0 Å². The number of rotatable bonds is 8. The number of aromatic amines is 1. The molecule has 0 saturated heterocycles. The van der Waals surface area contributed by atoms with Crippen LogP contribution in [0.3, 0.4) is 0 Å². The summed E-state index contributed by atoms with van der Waals surface area (Å²) in [6.45, 7) is 1.19. The first kappa shape index (κ1) is 21.9. The predicted octanol–water partition coefficient (Wildman–Crippen LogP) is 2.00. The van der Waals surface area contributed by atoms with Crippen LogP contribution >= 0.6 is 0 Å². The normalized spacial score (nSPS) is 13.7. The van der Waals surface area contributed by atoms with Crippen LogP contribution in [0.4, 0.5) is 0 Å². The molecule has 4 N–H and O–H groups in total. The molecule has 0 spiro atoms.